The van der Waals surface area contributed by atoms with Gasteiger partial charge in [-0.15, -0.1) is 0 Å². The van der Waals surface area contributed by atoms with Crippen LogP contribution in [0.2, 0.25) is 0 Å². The number of aryl methyl sites for hydroxylation is 2. The van der Waals surface area contributed by atoms with Crippen LogP contribution in [0.1, 0.15) is 29.8 Å². The van der Waals surface area contributed by atoms with Crippen LogP contribution in [0.3, 0.4) is 0 Å². The molecule has 0 amide bonds. The highest BCUT2D eigenvalue weighted by molar-refractivity contribution is 9.10. The van der Waals surface area contributed by atoms with Gasteiger partial charge >= 0.3 is 0 Å². The Labute approximate surface area is 126 Å². The minimum absolute atomic E-state index is 0.0972. The normalized spacial score (nSPS) is 12.7. The van der Waals surface area contributed by atoms with Crippen LogP contribution in [-0.2, 0) is 19.9 Å². The summed E-state index contributed by atoms with van der Waals surface area (Å²) in [6.45, 7) is 1.94. The lowest BCUT2D eigenvalue weighted by Crippen LogP contribution is -2.12. The summed E-state index contributed by atoms with van der Waals surface area (Å²) in [4.78, 5) is 0. The van der Waals surface area contributed by atoms with E-state index in [0.717, 1.165) is 22.3 Å². The Morgan fingerprint density at radius 3 is 2.65 bits per heavy atom. The van der Waals surface area contributed by atoms with Crippen LogP contribution in [0.4, 0.5) is 4.39 Å². The molecule has 1 N–H and O–H groups in total. The van der Waals surface area contributed by atoms with Crippen LogP contribution in [0.5, 0.6) is 0 Å². The summed E-state index contributed by atoms with van der Waals surface area (Å²) in [5.41, 5.74) is 2.50. The van der Waals surface area contributed by atoms with Crippen molar-refractivity contribution in [3.05, 3.63) is 51.5 Å². The SMILES string of the molecule is CCc1nn(C)c(CC(CO)c2ccccc2F)c1Br. The van der Waals surface area contributed by atoms with Crippen LogP contribution in [0.25, 0.3) is 0 Å². The van der Waals surface area contributed by atoms with Crippen molar-refractivity contribution in [2.75, 3.05) is 6.61 Å². The minimum atomic E-state index is -0.277. The Morgan fingerprint density at radius 2 is 2.10 bits per heavy atom. The lowest BCUT2D eigenvalue weighted by Gasteiger charge is -2.16. The average Bonchev–Trinajstić information content (AvgIpc) is 2.72. The molecule has 2 aromatic rings. The van der Waals surface area contributed by atoms with Gasteiger partial charge in [0.25, 0.3) is 0 Å². The first-order chi connectivity index (χ1) is 9.58. The van der Waals surface area contributed by atoms with E-state index >= 15 is 0 Å². The maximum absolute atomic E-state index is 13.9. The molecule has 3 nitrogen and oxygen atoms in total. The van der Waals surface area contributed by atoms with Gasteiger partial charge < -0.3 is 5.11 Å². The summed E-state index contributed by atoms with van der Waals surface area (Å²) >= 11 is 3.55. The third-order valence-corrected chi connectivity index (χ3v) is 4.42. The number of benzene rings is 1. The van der Waals surface area contributed by atoms with Crippen molar-refractivity contribution in [1.29, 1.82) is 0 Å². The highest BCUT2D eigenvalue weighted by atomic mass is 79.9. The largest absolute Gasteiger partial charge is 0.396 e. The third kappa shape index (κ3) is 2.94. The zero-order valence-corrected chi connectivity index (χ0v) is 13.2. The second-order valence-corrected chi connectivity index (χ2v) is 5.58. The number of aliphatic hydroxyl groups excluding tert-OH is 1. The van der Waals surface area contributed by atoms with E-state index in [2.05, 4.69) is 21.0 Å². The van der Waals surface area contributed by atoms with Gasteiger partial charge in [-0.25, -0.2) is 4.39 Å². The Balaban J connectivity index is 2.32. The highest BCUT2D eigenvalue weighted by Gasteiger charge is 2.20. The molecule has 1 aromatic heterocycles. The molecule has 1 unspecified atom stereocenters. The second-order valence-electron chi connectivity index (χ2n) is 4.79. The van der Waals surface area contributed by atoms with Crippen molar-refractivity contribution in [1.82, 2.24) is 9.78 Å². The van der Waals surface area contributed by atoms with Crippen LogP contribution in [0, 0.1) is 5.82 Å². The van der Waals surface area contributed by atoms with E-state index in [9.17, 15) is 9.50 Å². The van der Waals surface area contributed by atoms with Crippen molar-refractivity contribution in [2.24, 2.45) is 7.05 Å². The van der Waals surface area contributed by atoms with Gasteiger partial charge in [0.1, 0.15) is 5.82 Å². The Hall–Kier alpha value is -1.20. The monoisotopic (exact) mass is 340 g/mol. The van der Waals surface area contributed by atoms with E-state index in [1.165, 1.54) is 6.07 Å². The average molecular weight is 341 g/mol. The molecule has 0 bridgehead atoms. The third-order valence-electron chi connectivity index (χ3n) is 3.51. The molecule has 0 fully saturated rings. The van der Waals surface area contributed by atoms with Crippen molar-refractivity contribution in [3.8, 4) is 0 Å². The lowest BCUT2D eigenvalue weighted by atomic mass is 9.94. The predicted molar refractivity (Wildman–Crippen MR) is 80.2 cm³/mol. The lowest BCUT2D eigenvalue weighted by molar-refractivity contribution is 0.260. The fourth-order valence-corrected chi connectivity index (χ4v) is 3.13. The standard InChI is InChI=1S/C15H18BrFN2O/c1-3-13-15(16)14(19(2)18-13)8-10(9-20)11-6-4-5-7-12(11)17/h4-7,10,20H,3,8-9H2,1-2H3. The minimum Gasteiger partial charge on any atom is -0.396 e. The number of rotatable bonds is 5. The van der Waals surface area contributed by atoms with E-state index in [4.69, 9.17) is 0 Å². The number of aliphatic hydroxyl groups is 1. The summed E-state index contributed by atoms with van der Waals surface area (Å²) in [5.74, 6) is -0.548. The van der Waals surface area contributed by atoms with E-state index in [-0.39, 0.29) is 18.3 Å². The zero-order chi connectivity index (χ0) is 14.7. The van der Waals surface area contributed by atoms with Crippen molar-refractivity contribution < 1.29 is 9.50 Å². The number of nitrogens with zero attached hydrogens (tertiary/aromatic N) is 2. The molecule has 2 rings (SSSR count). The molecule has 0 aliphatic rings. The smallest absolute Gasteiger partial charge is 0.126 e. The second kappa shape index (κ2) is 6.50. The van der Waals surface area contributed by atoms with Gasteiger partial charge in [0.15, 0.2) is 0 Å². The van der Waals surface area contributed by atoms with E-state index in [1.54, 1.807) is 22.9 Å². The molecular formula is C15H18BrFN2O. The molecule has 0 saturated carbocycles. The fourth-order valence-electron chi connectivity index (χ4n) is 2.35. The Kier molecular flexibility index (Phi) is 4.94. The maximum Gasteiger partial charge on any atom is 0.126 e. The zero-order valence-electron chi connectivity index (χ0n) is 11.6. The molecule has 0 aliphatic heterocycles. The highest BCUT2D eigenvalue weighted by Crippen LogP contribution is 2.28. The van der Waals surface area contributed by atoms with Gasteiger partial charge in [0.2, 0.25) is 0 Å². The van der Waals surface area contributed by atoms with Gasteiger partial charge in [-0.3, -0.25) is 4.68 Å². The predicted octanol–water partition coefficient (Wildman–Crippen LogP) is 3.20. The molecule has 0 radical (unpaired) electrons. The van der Waals surface area contributed by atoms with E-state index in [1.807, 2.05) is 14.0 Å². The number of halogens is 2. The van der Waals surface area contributed by atoms with Crippen LogP contribution >= 0.6 is 15.9 Å². The molecule has 1 heterocycles. The molecule has 108 valence electrons. The molecule has 1 atom stereocenters. The van der Waals surface area contributed by atoms with Crippen molar-refractivity contribution in [3.63, 3.8) is 0 Å². The van der Waals surface area contributed by atoms with Crippen molar-refractivity contribution in [2.45, 2.75) is 25.7 Å². The molecular weight excluding hydrogens is 323 g/mol. The number of aromatic nitrogens is 2. The van der Waals surface area contributed by atoms with Crippen LogP contribution < -0.4 is 0 Å². The Bertz CT molecular complexity index is 598. The molecule has 1 aromatic carbocycles. The van der Waals surface area contributed by atoms with Gasteiger partial charge in [0, 0.05) is 13.0 Å². The van der Waals surface area contributed by atoms with Crippen LogP contribution in [-0.4, -0.2) is 21.5 Å². The first kappa shape index (κ1) is 15.2. The summed E-state index contributed by atoms with van der Waals surface area (Å²) in [5, 5.41) is 14.0. The van der Waals surface area contributed by atoms with Gasteiger partial charge in [-0.05, 0) is 40.4 Å². The van der Waals surface area contributed by atoms with E-state index < -0.39 is 0 Å². The van der Waals surface area contributed by atoms with E-state index in [0.29, 0.717) is 12.0 Å². The molecule has 20 heavy (non-hydrogen) atoms. The fraction of sp³-hybridized carbons (Fsp3) is 0.400. The summed E-state index contributed by atoms with van der Waals surface area (Å²) < 4.78 is 16.6. The number of hydrogen-bond acceptors (Lipinski definition) is 2. The van der Waals surface area contributed by atoms with Gasteiger partial charge in [0.05, 0.1) is 22.5 Å². The van der Waals surface area contributed by atoms with Crippen LogP contribution in [0.15, 0.2) is 28.7 Å². The molecule has 0 spiro atoms. The van der Waals surface area contributed by atoms with Gasteiger partial charge in [-0.2, -0.15) is 5.10 Å². The molecule has 0 aliphatic carbocycles. The maximum atomic E-state index is 13.9. The quantitative estimate of drug-likeness (QED) is 0.907. The molecule has 5 heteroatoms. The molecule has 0 saturated heterocycles. The topological polar surface area (TPSA) is 38.0 Å². The van der Waals surface area contributed by atoms with Gasteiger partial charge in [-0.1, -0.05) is 25.1 Å². The first-order valence-corrected chi connectivity index (χ1v) is 7.43. The summed E-state index contributed by atoms with van der Waals surface area (Å²) in [7, 11) is 1.87. The first-order valence-electron chi connectivity index (χ1n) is 6.64. The Morgan fingerprint density at radius 1 is 1.40 bits per heavy atom. The number of hydrogen-bond donors (Lipinski definition) is 1. The summed E-state index contributed by atoms with van der Waals surface area (Å²) in [6, 6.07) is 6.59. The summed E-state index contributed by atoms with van der Waals surface area (Å²) in [6.07, 6.45) is 1.37. The van der Waals surface area contributed by atoms with Crippen molar-refractivity contribution >= 4 is 15.9 Å².